The standard InChI is InChI=1S/C19H23N9O4S2/c1-2-10(8-20)28-34(31,32)14-7-6-11(12-4-3-5-13-16(12)26-19(21)25-13)15(17(14)33(22,29)30)18-23-9-24-27-18/h3-7,10,28H,2,8-9,20H2,1H3,(H3,21,25,26)(H2,22,29,30). The van der Waals surface area contributed by atoms with Crippen molar-refractivity contribution in [1.82, 2.24) is 14.7 Å². The maximum absolute atomic E-state index is 13.2. The number of aromatic amines is 1. The maximum atomic E-state index is 13.2. The van der Waals surface area contributed by atoms with Crippen molar-refractivity contribution in [3.05, 3.63) is 35.9 Å². The Morgan fingerprint density at radius 3 is 2.53 bits per heavy atom. The van der Waals surface area contributed by atoms with E-state index < -0.39 is 35.9 Å². The van der Waals surface area contributed by atoms with Gasteiger partial charge in [-0.2, -0.15) is 5.11 Å². The van der Waals surface area contributed by atoms with E-state index in [9.17, 15) is 16.8 Å². The zero-order valence-corrected chi connectivity index (χ0v) is 19.7. The lowest BCUT2D eigenvalue weighted by atomic mass is 9.97. The predicted octanol–water partition coefficient (Wildman–Crippen LogP) is 0.645. The molecule has 0 saturated carbocycles. The third-order valence-corrected chi connectivity index (χ3v) is 7.97. The van der Waals surface area contributed by atoms with Crippen LogP contribution in [0.2, 0.25) is 0 Å². The maximum Gasteiger partial charge on any atom is 0.242 e. The van der Waals surface area contributed by atoms with Gasteiger partial charge in [0.2, 0.25) is 20.0 Å². The number of aliphatic imine (C=N–C) groups is 1. The van der Waals surface area contributed by atoms with Crippen molar-refractivity contribution in [2.24, 2.45) is 26.1 Å². The van der Waals surface area contributed by atoms with Crippen LogP contribution in [-0.4, -0.2) is 51.9 Å². The molecule has 34 heavy (non-hydrogen) atoms. The number of amidine groups is 1. The molecule has 0 fully saturated rings. The SMILES string of the molecule is CCC(CN)NS(=O)(=O)c1ccc(-c2cccc3[nH]c(N)nc23)c(C2=NCN=N2)c1S(N)(=O)=O. The highest BCUT2D eigenvalue weighted by Crippen LogP contribution is 2.37. The van der Waals surface area contributed by atoms with Gasteiger partial charge in [0.1, 0.15) is 9.79 Å². The predicted molar refractivity (Wildman–Crippen MR) is 127 cm³/mol. The van der Waals surface area contributed by atoms with Crippen LogP contribution in [0.15, 0.2) is 55.3 Å². The smallest absolute Gasteiger partial charge is 0.242 e. The second kappa shape index (κ2) is 8.84. The van der Waals surface area contributed by atoms with Gasteiger partial charge in [0.25, 0.3) is 0 Å². The number of anilines is 1. The molecule has 0 amide bonds. The minimum Gasteiger partial charge on any atom is -0.369 e. The summed E-state index contributed by atoms with van der Waals surface area (Å²) in [7, 11) is -8.94. The number of hydrogen-bond acceptors (Lipinski definition) is 10. The molecule has 0 saturated heterocycles. The first kappa shape index (κ1) is 23.9. The summed E-state index contributed by atoms with van der Waals surface area (Å²) < 4.78 is 54.6. The molecule has 2 aromatic carbocycles. The van der Waals surface area contributed by atoms with Crippen LogP contribution < -0.4 is 21.3 Å². The first-order chi connectivity index (χ1) is 16.1. The Balaban J connectivity index is 2.09. The van der Waals surface area contributed by atoms with Crippen LogP contribution in [-0.2, 0) is 20.0 Å². The van der Waals surface area contributed by atoms with Gasteiger partial charge in [-0.05, 0) is 24.1 Å². The summed E-state index contributed by atoms with van der Waals surface area (Å²) in [6, 6.07) is 7.17. The highest BCUT2D eigenvalue weighted by atomic mass is 32.2. The normalized spacial score (nSPS) is 15.1. The molecule has 13 nitrogen and oxygen atoms in total. The number of hydrogen-bond donors (Lipinski definition) is 5. The van der Waals surface area contributed by atoms with Crippen molar-refractivity contribution in [2.75, 3.05) is 18.9 Å². The third-order valence-electron chi connectivity index (χ3n) is 5.29. The number of benzene rings is 2. The second-order valence-electron chi connectivity index (χ2n) is 7.51. The molecule has 1 aromatic heterocycles. The van der Waals surface area contributed by atoms with Gasteiger partial charge in [-0.15, -0.1) is 5.11 Å². The van der Waals surface area contributed by atoms with E-state index >= 15 is 0 Å². The van der Waals surface area contributed by atoms with Gasteiger partial charge < -0.3 is 16.5 Å². The number of imidazole rings is 1. The Morgan fingerprint density at radius 2 is 1.91 bits per heavy atom. The van der Waals surface area contributed by atoms with E-state index in [-0.39, 0.29) is 30.6 Å². The summed E-state index contributed by atoms with van der Waals surface area (Å²) in [5.74, 6) is 0.0896. The molecule has 1 aliphatic heterocycles. The van der Waals surface area contributed by atoms with Crippen LogP contribution >= 0.6 is 0 Å². The van der Waals surface area contributed by atoms with E-state index in [0.29, 0.717) is 28.6 Å². The lowest BCUT2D eigenvalue weighted by molar-refractivity contribution is 0.539. The fraction of sp³-hybridized carbons (Fsp3) is 0.263. The number of fused-ring (bicyclic) bond motifs is 1. The molecule has 15 heteroatoms. The van der Waals surface area contributed by atoms with Crippen LogP contribution in [0.3, 0.4) is 0 Å². The van der Waals surface area contributed by atoms with E-state index in [1.165, 1.54) is 12.1 Å². The van der Waals surface area contributed by atoms with Gasteiger partial charge in [-0.25, -0.2) is 36.7 Å². The molecular formula is C19H23N9O4S2. The first-order valence-corrected chi connectivity index (χ1v) is 13.2. The summed E-state index contributed by atoms with van der Waals surface area (Å²) in [5.41, 5.74) is 13.2. The number of primary sulfonamides is 1. The van der Waals surface area contributed by atoms with Crippen molar-refractivity contribution in [2.45, 2.75) is 29.2 Å². The van der Waals surface area contributed by atoms with Crippen LogP contribution in [0.1, 0.15) is 18.9 Å². The van der Waals surface area contributed by atoms with Gasteiger partial charge in [0.15, 0.2) is 18.5 Å². The summed E-state index contributed by atoms with van der Waals surface area (Å²) in [6.45, 7) is 1.73. The summed E-state index contributed by atoms with van der Waals surface area (Å²) >= 11 is 0. The second-order valence-corrected chi connectivity index (χ2v) is 10.7. The van der Waals surface area contributed by atoms with Crippen molar-refractivity contribution < 1.29 is 16.8 Å². The largest absolute Gasteiger partial charge is 0.369 e. The van der Waals surface area contributed by atoms with Crippen LogP contribution in [0, 0.1) is 0 Å². The number of rotatable bonds is 8. The molecule has 3 aromatic rings. The Morgan fingerprint density at radius 1 is 1.15 bits per heavy atom. The number of H-pyrrole nitrogens is 1. The number of nitrogens with two attached hydrogens (primary N) is 3. The number of nitrogens with zero attached hydrogens (tertiary/aromatic N) is 4. The minimum absolute atomic E-state index is 0.0227. The summed E-state index contributed by atoms with van der Waals surface area (Å²) in [5, 5.41) is 13.3. The van der Waals surface area contributed by atoms with Crippen molar-refractivity contribution >= 4 is 42.9 Å². The van der Waals surface area contributed by atoms with Gasteiger partial charge in [0.05, 0.1) is 16.6 Å². The summed E-state index contributed by atoms with van der Waals surface area (Å²) in [4.78, 5) is 10.1. The Kier molecular flexibility index (Phi) is 6.22. The van der Waals surface area contributed by atoms with E-state index in [0.717, 1.165) is 0 Å². The minimum atomic E-state index is -4.60. The van der Waals surface area contributed by atoms with Gasteiger partial charge >= 0.3 is 0 Å². The molecule has 0 spiro atoms. The van der Waals surface area contributed by atoms with E-state index in [1.807, 2.05) is 0 Å². The highest BCUT2D eigenvalue weighted by molar-refractivity contribution is 7.92. The molecule has 0 bridgehead atoms. The molecule has 4 rings (SSSR count). The van der Waals surface area contributed by atoms with E-state index in [1.54, 1.807) is 25.1 Å². The zero-order chi connectivity index (χ0) is 24.7. The average Bonchev–Trinajstić information content (AvgIpc) is 3.44. The monoisotopic (exact) mass is 505 g/mol. The third kappa shape index (κ3) is 4.30. The number of sulfonamides is 2. The van der Waals surface area contributed by atoms with E-state index in [2.05, 4.69) is 29.9 Å². The number of para-hydroxylation sites is 1. The molecule has 0 radical (unpaired) electrons. The number of aromatic nitrogens is 2. The van der Waals surface area contributed by atoms with Crippen molar-refractivity contribution in [1.29, 1.82) is 0 Å². The first-order valence-electron chi connectivity index (χ1n) is 10.2. The highest BCUT2D eigenvalue weighted by Gasteiger charge is 2.33. The molecule has 1 atom stereocenters. The zero-order valence-electron chi connectivity index (χ0n) is 18.1. The van der Waals surface area contributed by atoms with Crippen LogP contribution in [0.4, 0.5) is 5.95 Å². The number of nitrogen functional groups attached to an aromatic ring is 1. The lowest BCUT2D eigenvalue weighted by Crippen LogP contribution is -2.40. The Hall–Kier alpha value is -3.24. The van der Waals surface area contributed by atoms with Crippen molar-refractivity contribution in [3.8, 4) is 11.1 Å². The van der Waals surface area contributed by atoms with Crippen LogP contribution in [0.5, 0.6) is 0 Å². The van der Waals surface area contributed by atoms with Gasteiger partial charge in [-0.1, -0.05) is 25.1 Å². The lowest BCUT2D eigenvalue weighted by Gasteiger charge is -2.19. The number of azo groups is 1. The van der Waals surface area contributed by atoms with Crippen LogP contribution in [0.25, 0.3) is 22.2 Å². The van der Waals surface area contributed by atoms with E-state index in [4.69, 9.17) is 16.6 Å². The van der Waals surface area contributed by atoms with Gasteiger partial charge in [-0.3, -0.25) is 0 Å². The molecule has 1 unspecified atom stereocenters. The molecule has 180 valence electrons. The molecule has 1 aliphatic rings. The molecule has 2 heterocycles. The van der Waals surface area contributed by atoms with Gasteiger partial charge in [0, 0.05) is 18.2 Å². The molecule has 8 N–H and O–H groups in total. The molecule has 0 aliphatic carbocycles. The topological polar surface area (TPSA) is 224 Å². The fourth-order valence-corrected chi connectivity index (χ4v) is 6.65. The van der Waals surface area contributed by atoms with Crippen molar-refractivity contribution in [3.63, 3.8) is 0 Å². The quantitative estimate of drug-likeness (QED) is 0.293. The summed E-state index contributed by atoms with van der Waals surface area (Å²) in [6.07, 6.45) is 0.398. The Bertz CT molecular complexity index is 1540. The molecular weight excluding hydrogens is 482 g/mol. The number of nitrogens with one attached hydrogen (secondary N) is 2. The fourth-order valence-electron chi connectivity index (χ4n) is 3.71. The average molecular weight is 506 g/mol. The Labute approximate surface area is 195 Å².